The second-order valence-electron chi connectivity index (χ2n) is 6.85. The average molecular weight is 431 g/mol. The summed E-state index contributed by atoms with van der Waals surface area (Å²) in [5.74, 6) is 0.635. The van der Waals surface area contributed by atoms with E-state index >= 15 is 0 Å². The maximum atomic E-state index is 13.0. The first kappa shape index (κ1) is 22.0. The molecule has 1 N–H and O–H groups in total. The first-order valence-electron chi connectivity index (χ1n) is 10.4. The Morgan fingerprint density at radius 2 is 1.80 bits per heavy atom. The van der Waals surface area contributed by atoms with Gasteiger partial charge in [0.25, 0.3) is 0 Å². The van der Waals surface area contributed by atoms with E-state index in [2.05, 4.69) is 34.0 Å². The predicted molar refractivity (Wildman–Crippen MR) is 120 cm³/mol. The van der Waals surface area contributed by atoms with E-state index in [1.807, 2.05) is 42.8 Å². The zero-order valence-electron chi connectivity index (χ0n) is 18.0. The van der Waals surface area contributed by atoms with Crippen molar-refractivity contribution in [2.24, 2.45) is 0 Å². The highest BCUT2D eigenvalue weighted by molar-refractivity contribution is 7.89. The van der Waals surface area contributed by atoms with Crippen LogP contribution in [0.3, 0.4) is 0 Å². The van der Waals surface area contributed by atoms with Crippen LogP contribution in [0.25, 0.3) is 5.78 Å². The summed E-state index contributed by atoms with van der Waals surface area (Å²) in [4.78, 5) is 11.3. The Morgan fingerprint density at radius 3 is 2.43 bits per heavy atom. The van der Waals surface area contributed by atoms with E-state index < -0.39 is 10.0 Å². The molecule has 162 valence electrons. The number of benzene rings is 1. The van der Waals surface area contributed by atoms with Crippen LogP contribution in [-0.4, -0.2) is 53.3 Å². The lowest BCUT2D eigenvalue weighted by molar-refractivity contribution is 0.445. The number of rotatable bonds is 10. The number of imidazole rings is 1. The van der Waals surface area contributed by atoms with Gasteiger partial charge in [0.1, 0.15) is 0 Å². The van der Waals surface area contributed by atoms with Crippen LogP contribution in [0.4, 0.5) is 11.4 Å². The molecule has 0 spiro atoms. The van der Waals surface area contributed by atoms with Crippen molar-refractivity contribution in [1.82, 2.24) is 18.7 Å². The Kier molecular flexibility index (Phi) is 6.94. The smallest absolute Gasteiger partial charge is 0.243 e. The Hall–Kier alpha value is -2.65. The summed E-state index contributed by atoms with van der Waals surface area (Å²) in [7, 11) is -3.54. The molecule has 0 aliphatic rings. The highest BCUT2D eigenvalue weighted by Gasteiger charge is 2.23. The van der Waals surface area contributed by atoms with E-state index in [9.17, 15) is 8.42 Å². The molecule has 3 aromatic rings. The predicted octanol–water partition coefficient (Wildman–Crippen LogP) is 3.22. The van der Waals surface area contributed by atoms with Crippen molar-refractivity contribution in [3.8, 4) is 0 Å². The zero-order chi connectivity index (χ0) is 21.7. The molecular weight excluding hydrogens is 400 g/mol. The fourth-order valence-corrected chi connectivity index (χ4v) is 5.01. The van der Waals surface area contributed by atoms with E-state index in [0.717, 1.165) is 30.2 Å². The van der Waals surface area contributed by atoms with Crippen LogP contribution in [0.1, 0.15) is 33.4 Å². The van der Waals surface area contributed by atoms with Crippen LogP contribution in [0, 0.1) is 0 Å². The summed E-state index contributed by atoms with van der Waals surface area (Å²) in [6.45, 7) is 10.9. The van der Waals surface area contributed by atoms with Gasteiger partial charge >= 0.3 is 0 Å². The summed E-state index contributed by atoms with van der Waals surface area (Å²) in [5.41, 5.74) is 2.58. The van der Waals surface area contributed by atoms with Crippen LogP contribution in [0.2, 0.25) is 0 Å². The van der Waals surface area contributed by atoms with E-state index in [0.29, 0.717) is 30.3 Å². The Balaban J connectivity index is 1.96. The van der Waals surface area contributed by atoms with Crippen molar-refractivity contribution in [2.75, 3.05) is 36.4 Å². The van der Waals surface area contributed by atoms with Gasteiger partial charge in [-0.25, -0.2) is 18.4 Å². The molecular formula is C21H30N6O2S. The zero-order valence-corrected chi connectivity index (χ0v) is 18.9. The molecule has 2 aromatic heterocycles. The molecule has 0 radical (unpaired) electrons. The maximum absolute atomic E-state index is 13.0. The third-order valence-corrected chi connectivity index (χ3v) is 7.21. The number of nitrogens with one attached hydrogen (secondary N) is 1. The largest absolute Gasteiger partial charge is 0.378 e. The minimum atomic E-state index is -3.54. The molecule has 0 amide bonds. The first-order valence-corrected chi connectivity index (χ1v) is 11.8. The van der Waals surface area contributed by atoms with Crippen LogP contribution in [0.5, 0.6) is 0 Å². The van der Waals surface area contributed by atoms with Gasteiger partial charge in [-0.2, -0.15) is 4.31 Å². The summed E-state index contributed by atoms with van der Waals surface area (Å²) in [6.07, 6.45) is 5.53. The van der Waals surface area contributed by atoms with Crippen molar-refractivity contribution in [3.63, 3.8) is 0 Å². The number of sulfonamides is 1. The molecule has 0 bridgehead atoms. The van der Waals surface area contributed by atoms with Gasteiger partial charge in [-0.1, -0.05) is 13.8 Å². The number of anilines is 2. The molecule has 9 heteroatoms. The second-order valence-corrected chi connectivity index (χ2v) is 8.79. The maximum Gasteiger partial charge on any atom is 0.243 e. The van der Waals surface area contributed by atoms with Crippen LogP contribution in [-0.2, 0) is 16.6 Å². The average Bonchev–Trinajstić information content (AvgIpc) is 3.17. The number of fused-ring (bicyclic) bond motifs is 1. The molecule has 0 unspecified atom stereocenters. The summed E-state index contributed by atoms with van der Waals surface area (Å²) in [6, 6.07) is 7.17. The lowest BCUT2D eigenvalue weighted by Crippen LogP contribution is -2.31. The first-order chi connectivity index (χ1) is 14.4. The van der Waals surface area contributed by atoms with Crippen LogP contribution >= 0.6 is 0 Å². The number of hydrogen-bond acceptors (Lipinski definition) is 6. The minimum absolute atomic E-state index is 0.293. The molecule has 0 fully saturated rings. The molecule has 0 atom stereocenters. The number of nitrogens with zero attached hydrogens (tertiary/aromatic N) is 5. The van der Waals surface area contributed by atoms with Gasteiger partial charge in [-0.15, -0.1) is 0 Å². The highest BCUT2D eigenvalue weighted by atomic mass is 32.2. The molecule has 2 heterocycles. The lowest BCUT2D eigenvalue weighted by Gasteiger charge is -2.26. The van der Waals surface area contributed by atoms with Gasteiger partial charge in [0.05, 0.1) is 28.5 Å². The fraction of sp³-hybridized carbons (Fsp3) is 0.429. The number of aromatic nitrogens is 3. The van der Waals surface area contributed by atoms with Gasteiger partial charge in [0, 0.05) is 44.8 Å². The van der Waals surface area contributed by atoms with E-state index in [1.54, 1.807) is 18.3 Å². The third-order valence-electron chi connectivity index (χ3n) is 5.16. The van der Waals surface area contributed by atoms with Crippen molar-refractivity contribution >= 4 is 27.2 Å². The molecule has 0 aliphatic heterocycles. The van der Waals surface area contributed by atoms with Crippen molar-refractivity contribution in [1.29, 1.82) is 0 Å². The van der Waals surface area contributed by atoms with E-state index in [4.69, 9.17) is 0 Å². The molecule has 0 saturated carbocycles. The lowest BCUT2D eigenvalue weighted by atomic mass is 10.2. The molecule has 3 rings (SSSR count). The highest BCUT2D eigenvalue weighted by Crippen LogP contribution is 2.30. The van der Waals surface area contributed by atoms with Crippen molar-refractivity contribution in [2.45, 2.75) is 39.1 Å². The van der Waals surface area contributed by atoms with Gasteiger partial charge < -0.3 is 10.2 Å². The Labute approximate surface area is 178 Å². The molecule has 1 aromatic carbocycles. The Morgan fingerprint density at radius 1 is 1.07 bits per heavy atom. The fourth-order valence-electron chi connectivity index (χ4n) is 3.52. The number of hydrogen-bond donors (Lipinski definition) is 1. The molecule has 8 nitrogen and oxygen atoms in total. The quantitative estimate of drug-likeness (QED) is 0.532. The monoisotopic (exact) mass is 430 g/mol. The van der Waals surface area contributed by atoms with Gasteiger partial charge in [-0.05, 0) is 38.1 Å². The molecule has 0 aliphatic carbocycles. The standard InChI is InChI=1S/C21H30N6O2S/c1-5-25(6-2)20-11-10-18(30(28,29)27(7-3)8-4)14-19(20)23-15-17-16-26-13-9-12-22-21(26)24-17/h9-14,16,23H,5-8,15H2,1-4H3. The van der Waals surface area contributed by atoms with Crippen molar-refractivity contribution < 1.29 is 8.42 Å². The topological polar surface area (TPSA) is 82.8 Å². The molecule has 30 heavy (non-hydrogen) atoms. The minimum Gasteiger partial charge on any atom is -0.378 e. The van der Waals surface area contributed by atoms with Gasteiger partial charge in [0.2, 0.25) is 15.8 Å². The van der Waals surface area contributed by atoms with Gasteiger partial charge in [-0.3, -0.25) is 4.40 Å². The summed E-state index contributed by atoms with van der Waals surface area (Å²) < 4.78 is 29.4. The van der Waals surface area contributed by atoms with E-state index in [-0.39, 0.29) is 0 Å². The van der Waals surface area contributed by atoms with Gasteiger partial charge in [0.15, 0.2) is 0 Å². The SMILES string of the molecule is CCN(CC)c1ccc(S(=O)(=O)N(CC)CC)cc1NCc1cn2cccnc2n1. The summed E-state index contributed by atoms with van der Waals surface area (Å²) in [5, 5.41) is 3.40. The summed E-state index contributed by atoms with van der Waals surface area (Å²) >= 11 is 0. The second kappa shape index (κ2) is 9.44. The van der Waals surface area contributed by atoms with Crippen LogP contribution < -0.4 is 10.2 Å². The molecule has 0 saturated heterocycles. The van der Waals surface area contributed by atoms with Crippen LogP contribution in [0.15, 0.2) is 47.8 Å². The third kappa shape index (κ3) is 4.41. The Bertz CT molecular complexity index is 1050. The van der Waals surface area contributed by atoms with E-state index in [1.165, 1.54) is 4.31 Å². The van der Waals surface area contributed by atoms with Crippen molar-refractivity contribution in [3.05, 3.63) is 48.5 Å². The normalized spacial score (nSPS) is 11.9.